The summed E-state index contributed by atoms with van der Waals surface area (Å²) in [5.41, 5.74) is 6.64. The quantitative estimate of drug-likeness (QED) is 0.532. The van der Waals surface area contributed by atoms with Crippen LogP contribution in [-0.2, 0) is 6.54 Å². The van der Waals surface area contributed by atoms with E-state index in [0.717, 1.165) is 0 Å². The molecule has 0 unspecified atom stereocenters. The number of rotatable bonds is 3. The fourth-order valence-electron chi connectivity index (χ4n) is 1.69. The lowest BCUT2D eigenvalue weighted by atomic mass is 10.2. The van der Waals surface area contributed by atoms with Crippen molar-refractivity contribution in [2.24, 2.45) is 10.7 Å². The molecule has 0 spiro atoms. The number of aromatic nitrogens is 2. The Morgan fingerprint density at radius 2 is 2.35 bits per heavy atom. The van der Waals surface area contributed by atoms with Crippen LogP contribution in [0.25, 0.3) is 0 Å². The molecule has 0 fully saturated rings. The standard InChI is InChI=1S/C13H13FN4OS/c1-20-13(15)17-12(19)10-3-2-6-18(10)8-9-4-5-16-11(14)7-9/h2-7H,8H2,1H3,(H2,15,17,19). The zero-order chi connectivity index (χ0) is 14.5. The molecule has 0 radical (unpaired) electrons. The van der Waals surface area contributed by atoms with Crippen LogP contribution >= 0.6 is 11.8 Å². The molecule has 1 amide bonds. The zero-order valence-corrected chi connectivity index (χ0v) is 11.6. The van der Waals surface area contributed by atoms with Gasteiger partial charge < -0.3 is 10.3 Å². The first-order valence-corrected chi connectivity index (χ1v) is 7.00. The summed E-state index contributed by atoms with van der Waals surface area (Å²) in [6, 6.07) is 6.40. The van der Waals surface area contributed by atoms with Gasteiger partial charge in [0, 0.05) is 18.9 Å². The molecule has 0 aliphatic rings. The largest absolute Gasteiger partial charge is 0.378 e. The van der Waals surface area contributed by atoms with Crippen molar-refractivity contribution in [1.29, 1.82) is 0 Å². The van der Waals surface area contributed by atoms with Crippen molar-refractivity contribution in [2.45, 2.75) is 6.54 Å². The average molecular weight is 292 g/mol. The first-order chi connectivity index (χ1) is 9.60. The molecule has 0 saturated carbocycles. The molecule has 0 aliphatic carbocycles. The summed E-state index contributed by atoms with van der Waals surface area (Å²) in [7, 11) is 0. The Balaban J connectivity index is 2.23. The molecule has 0 atom stereocenters. The van der Waals surface area contributed by atoms with E-state index in [9.17, 15) is 9.18 Å². The van der Waals surface area contributed by atoms with Gasteiger partial charge in [-0.25, -0.2) is 4.98 Å². The lowest BCUT2D eigenvalue weighted by molar-refractivity contribution is 0.0995. The van der Waals surface area contributed by atoms with Crippen LogP contribution in [0.15, 0.2) is 41.7 Å². The topological polar surface area (TPSA) is 73.3 Å². The number of thioether (sulfide) groups is 1. The summed E-state index contributed by atoms with van der Waals surface area (Å²) >= 11 is 1.20. The lowest BCUT2D eigenvalue weighted by Gasteiger charge is -2.07. The Hall–Kier alpha value is -2.15. The number of nitrogens with two attached hydrogens (primary N) is 1. The molecule has 2 aromatic rings. The number of hydrogen-bond acceptors (Lipinski definition) is 3. The molecule has 7 heteroatoms. The molecular formula is C13H13FN4OS. The first-order valence-electron chi connectivity index (χ1n) is 5.78. The van der Waals surface area contributed by atoms with E-state index in [0.29, 0.717) is 17.8 Å². The van der Waals surface area contributed by atoms with E-state index in [-0.39, 0.29) is 5.17 Å². The highest BCUT2D eigenvalue weighted by Gasteiger charge is 2.11. The van der Waals surface area contributed by atoms with Crippen LogP contribution in [0.5, 0.6) is 0 Å². The molecule has 0 bridgehead atoms. The first kappa shape index (κ1) is 14.3. The summed E-state index contributed by atoms with van der Waals surface area (Å²) in [4.78, 5) is 19.2. The average Bonchev–Trinajstić information content (AvgIpc) is 2.86. The van der Waals surface area contributed by atoms with Crippen LogP contribution in [0.4, 0.5) is 4.39 Å². The van der Waals surface area contributed by atoms with Gasteiger partial charge in [0.2, 0.25) is 5.95 Å². The van der Waals surface area contributed by atoms with Crippen molar-refractivity contribution in [3.8, 4) is 0 Å². The van der Waals surface area contributed by atoms with E-state index in [2.05, 4.69) is 9.98 Å². The third kappa shape index (κ3) is 3.45. The van der Waals surface area contributed by atoms with Crippen LogP contribution < -0.4 is 5.73 Å². The van der Waals surface area contributed by atoms with E-state index >= 15 is 0 Å². The van der Waals surface area contributed by atoms with Crippen molar-refractivity contribution >= 4 is 22.8 Å². The fraction of sp³-hybridized carbons (Fsp3) is 0.154. The Kier molecular flexibility index (Phi) is 4.52. The van der Waals surface area contributed by atoms with E-state index in [1.807, 2.05) is 0 Å². The predicted octanol–water partition coefficient (Wildman–Crippen LogP) is 1.89. The highest BCUT2D eigenvalue weighted by Crippen LogP contribution is 2.10. The number of amides is 1. The minimum Gasteiger partial charge on any atom is -0.378 e. The van der Waals surface area contributed by atoms with Gasteiger partial charge in [0.1, 0.15) is 5.69 Å². The second kappa shape index (κ2) is 6.33. The van der Waals surface area contributed by atoms with Gasteiger partial charge in [0.05, 0.1) is 0 Å². The summed E-state index contributed by atoms with van der Waals surface area (Å²) in [5.74, 6) is -0.969. The van der Waals surface area contributed by atoms with E-state index < -0.39 is 11.9 Å². The minimum absolute atomic E-state index is 0.206. The second-order valence-corrected chi connectivity index (χ2v) is 4.79. The molecule has 0 aromatic carbocycles. The van der Waals surface area contributed by atoms with Crippen LogP contribution in [0.3, 0.4) is 0 Å². The van der Waals surface area contributed by atoms with Crippen molar-refractivity contribution < 1.29 is 9.18 Å². The molecule has 2 rings (SSSR count). The van der Waals surface area contributed by atoms with Crippen molar-refractivity contribution in [3.05, 3.63) is 53.9 Å². The van der Waals surface area contributed by atoms with Gasteiger partial charge in [-0.3, -0.25) is 4.79 Å². The van der Waals surface area contributed by atoms with Crippen LogP contribution in [0.2, 0.25) is 0 Å². The lowest BCUT2D eigenvalue weighted by Crippen LogP contribution is -2.13. The van der Waals surface area contributed by atoms with Crippen molar-refractivity contribution in [3.63, 3.8) is 0 Å². The second-order valence-electron chi connectivity index (χ2n) is 3.97. The minimum atomic E-state index is -0.549. The number of halogens is 1. The van der Waals surface area contributed by atoms with Crippen molar-refractivity contribution in [2.75, 3.05) is 6.26 Å². The highest BCUT2D eigenvalue weighted by molar-refractivity contribution is 8.13. The molecule has 0 saturated heterocycles. The van der Waals surface area contributed by atoms with Gasteiger partial charge >= 0.3 is 0 Å². The number of hydrogen-bond donors (Lipinski definition) is 1. The highest BCUT2D eigenvalue weighted by atomic mass is 32.2. The summed E-state index contributed by atoms with van der Waals surface area (Å²) in [5, 5.41) is 0.206. The Morgan fingerprint density at radius 3 is 3.05 bits per heavy atom. The van der Waals surface area contributed by atoms with E-state index in [1.54, 1.807) is 35.2 Å². The Morgan fingerprint density at radius 1 is 1.55 bits per heavy atom. The number of nitrogens with zero attached hydrogens (tertiary/aromatic N) is 3. The third-order valence-corrected chi connectivity index (χ3v) is 3.12. The van der Waals surface area contributed by atoms with Gasteiger partial charge in [-0.2, -0.15) is 9.38 Å². The van der Waals surface area contributed by atoms with Gasteiger partial charge in [-0.1, -0.05) is 11.8 Å². The summed E-state index contributed by atoms with van der Waals surface area (Å²) in [6.07, 6.45) is 4.86. The maximum absolute atomic E-state index is 13.0. The smallest absolute Gasteiger partial charge is 0.295 e. The molecule has 2 heterocycles. The monoisotopic (exact) mass is 292 g/mol. The van der Waals surface area contributed by atoms with Gasteiger partial charge in [-0.05, 0) is 36.1 Å². The van der Waals surface area contributed by atoms with E-state index in [1.165, 1.54) is 24.0 Å². The molecule has 2 aromatic heterocycles. The number of aliphatic imine (C=N–C) groups is 1. The number of pyridine rings is 1. The summed E-state index contributed by atoms with van der Waals surface area (Å²) in [6.45, 7) is 0.363. The number of carbonyl (C=O) groups excluding carboxylic acids is 1. The Labute approximate surface area is 119 Å². The Bertz CT molecular complexity index is 653. The van der Waals surface area contributed by atoms with Gasteiger partial charge in [0.25, 0.3) is 5.91 Å². The van der Waals surface area contributed by atoms with Crippen LogP contribution in [0, 0.1) is 5.95 Å². The molecule has 5 nitrogen and oxygen atoms in total. The van der Waals surface area contributed by atoms with Crippen LogP contribution in [0.1, 0.15) is 16.1 Å². The van der Waals surface area contributed by atoms with Crippen molar-refractivity contribution in [1.82, 2.24) is 9.55 Å². The predicted molar refractivity (Wildman–Crippen MR) is 77.2 cm³/mol. The molecule has 0 aliphatic heterocycles. The van der Waals surface area contributed by atoms with Crippen LogP contribution in [-0.4, -0.2) is 26.9 Å². The molecular weight excluding hydrogens is 279 g/mol. The van der Waals surface area contributed by atoms with Gasteiger partial charge in [-0.15, -0.1) is 0 Å². The fourth-order valence-corrected chi connectivity index (χ4v) is 1.86. The number of amidine groups is 1. The van der Waals surface area contributed by atoms with E-state index in [4.69, 9.17) is 5.73 Å². The normalized spacial score (nSPS) is 11.6. The number of carbonyl (C=O) groups is 1. The third-order valence-electron chi connectivity index (χ3n) is 2.61. The van der Waals surface area contributed by atoms with Gasteiger partial charge in [0.15, 0.2) is 5.17 Å². The SMILES string of the molecule is CSC(N)=NC(=O)c1cccn1Cc1ccnc(F)c1. The summed E-state index contributed by atoms with van der Waals surface area (Å²) < 4.78 is 14.7. The molecule has 2 N–H and O–H groups in total. The molecule has 104 valence electrons. The molecule has 20 heavy (non-hydrogen) atoms. The maximum atomic E-state index is 13.0. The maximum Gasteiger partial charge on any atom is 0.295 e. The zero-order valence-electron chi connectivity index (χ0n) is 10.8.